The molecule has 0 amide bonds. The van der Waals surface area contributed by atoms with Crippen LogP contribution in [0.5, 0.6) is 0 Å². The molecule has 1 aliphatic heterocycles. The fraction of sp³-hybridized carbons (Fsp3) is 0.364. The number of rotatable bonds is 6. The molecule has 1 atom stereocenters. The number of aliphatic hydroxyl groups excluding tert-OH is 1. The largest absolute Gasteiger partial charge is 0.395 e. The molecule has 5 heteroatoms. The van der Waals surface area contributed by atoms with E-state index in [-0.39, 0.29) is 12.1 Å². The summed E-state index contributed by atoms with van der Waals surface area (Å²) in [5.41, 5.74) is 1.78. The highest BCUT2D eigenvalue weighted by Gasteiger charge is 2.43. The summed E-state index contributed by atoms with van der Waals surface area (Å²) in [6.07, 6.45) is 2.81. The zero-order chi connectivity index (χ0) is 18.7. The van der Waals surface area contributed by atoms with Gasteiger partial charge in [0.2, 0.25) is 0 Å². The lowest BCUT2D eigenvalue weighted by molar-refractivity contribution is 0.0772. The Morgan fingerprint density at radius 3 is 2.74 bits per heavy atom. The molecule has 140 valence electrons. The van der Waals surface area contributed by atoms with Crippen LogP contribution in [0.4, 0.5) is 0 Å². The van der Waals surface area contributed by atoms with Crippen molar-refractivity contribution >= 4 is 10.8 Å². The Bertz CT molecular complexity index is 921. The molecule has 1 fully saturated rings. The summed E-state index contributed by atoms with van der Waals surface area (Å²) < 4.78 is 0. The van der Waals surface area contributed by atoms with Gasteiger partial charge in [0.05, 0.1) is 17.8 Å². The molecule has 0 aliphatic carbocycles. The van der Waals surface area contributed by atoms with E-state index in [2.05, 4.69) is 64.6 Å². The minimum atomic E-state index is -0.260. The number of hydrogen-bond acceptors (Lipinski definition) is 5. The first-order valence-corrected chi connectivity index (χ1v) is 9.66. The lowest BCUT2D eigenvalue weighted by atomic mass is 9.94. The number of aromatic nitrogens is 2. The molecule has 2 aromatic carbocycles. The maximum atomic E-state index is 9.52. The van der Waals surface area contributed by atoms with E-state index in [1.54, 1.807) is 0 Å². The van der Waals surface area contributed by atoms with Crippen molar-refractivity contribution in [2.24, 2.45) is 0 Å². The number of hydrogen-bond donors (Lipinski definition) is 2. The molecule has 5 nitrogen and oxygen atoms in total. The zero-order valence-electron chi connectivity index (χ0n) is 15.7. The highest BCUT2D eigenvalue weighted by Crippen LogP contribution is 2.33. The lowest BCUT2D eigenvalue weighted by Crippen LogP contribution is -2.50. The molecular weight excluding hydrogens is 336 g/mol. The summed E-state index contributed by atoms with van der Waals surface area (Å²) in [6, 6.07) is 16.8. The van der Waals surface area contributed by atoms with Crippen LogP contribution in [-0.2, 0) is 5.54 Å². The van der Waals surface area contributed by atoms with E-state index < -0.39 is 0 Å². The summed E-state index contributed by atoms with van der Waals surface area (Å²) >= 11 is 0. The van der Waals surface area contributed by atoms with Gasteiger partial charge in [-0.25, -0.2) is 9.97 Å². The fourth-order valence-corrected chi connectivity index (χ4v) is 4.17. The standard InChI is InChI=1S/C22H26N4O/c1-2-26(13-14-27)22(10-12-23-16-22)21-24-11-9-20(25-21)19-8-7-17-5-3-4-6-18(17)15-19/h3-9,11,15,23,27H,2,10,12-14,16H2,1H3/t22-/m0/s1. The lowest BCUT2D eigenvalue weighted by Gasteiger charge is -2.38. The minimum absolute atomic E-state index is 0.139. The Morgan fingerprint density at radius 1 is 1.15 bits per heavy atom. The molecule has 0 radical (unpaired) electrons. The molecule has 1 aliphatic rings. The van der Waals surface area contributed by atoms with E-state index >= 15 is 0 Å². The van der Waals surface area contributed by atoms with E-state index in [1.807, 2.05) is 12.3 Å². The van der Waals surface area contributed by atoms with Gasteiger partial charge in [0.15, 0.2) is 5.82 Å². The van der Waals surface area contributed by atoms with Crippen LogP contribution in [-0.4, -0.2) is 52.8 Å². The van der Waals surface area contributed by atoms with Crippen molar-refractivity contribution in [2.45, 2.75) is 18.9 Å². The number of nitrogens with zero attached hydrogens (tertiary/aromatic N) is 3. The van der Waals surface area contributed by atoms with Crippen molar-refractivity contribution in [3.63, 3.8) is 0 Å². The SMILES string of the molecule is CCN(CCO)[C@@]1(c2nccc(-c3ccc4ccccc4c3)n2)CCNC1. The Balaban J connectivity index is 1.76. The van der Waals surface area contributed by atoms with Gasteiger partial charge in [0.25, 0.3) is 0 Å². The van der Waals surface area contributed by atoms with E-state index in [0.717, 1.165) is 43.1 Å². The van der Waals surface area contributed by atoms with Gasteiger partial charge in [-0.05, 0) is 42.4 Å². The summed E-state index contributed by atoms with van der Waals surface area (Å²) in [6.45, 7) is 5.49. The molecule has 1 aromatic heterocycles. The van der Waals surface area contributed by atoms with Crippen LogP contribution in [0, 0.1) is 0 Å². The van der Waals surface area contributed by atoms with Gasteiger partial charge in [0.1, 0.15) is 0 Å². The van der Waals surface area contributed by atoms with Crippen molar-refractivity contribution in [3.8, 4) is 11.3 Å². The molecule has 27 heavy (non-hydrogen) atoms. The first kappa shape index (κ1) is 18.0. The predicted octanol–water partition coefficient (Wildman–Crippen LogP) is 2.80. The summed E-state index contributed by atoms with van der Waals surface area (Å²) in [7, 11) is 0. The smallest absolute Gasteiger partial charge is 0.150 e. The van der Waals surface area contributed by atoms with Crippen molar-refractivity contribution in [1.82, 2.24) is 20.2 Å². The van der Waals surface area contributed by atoms with Crippen LogP contribution < -0.4 is 5.32 Å². The molecule has 0 saturated carbocycles. The second-order valence-electron chi connectivity index (χ2n) is 7.09. The molecule has 1 saturated heterocycles. The first-order chi connectivity index (χ1) is 13.3. The summed E-state index contributed by atoms with van der Waals surface area (Å²) in [4.78, 5) is 11.9. The molecule has 2 N–H and O–H groups in total. The highest BCUT2D eigenvalue weighted by molar-refractivity contribution is 5.86. The van der Waals surface area contributed by atoms with Gasteiger partial charge in [0, 0.05) is 24.8 Å². The summed E-state index contributed by atoms with van der Waals surface area (Å²) in [5, 5.41) is 15.4. The van der Waals surface area contributed by atoms with Crippen LogP contribution >= 0.6 is 0 Å². The third kappa shape index (κ3) is 3.34. The predicted molar refractivity (Wildman–Crippen MR) is 108 cm³/mol. The Hall–Kier alpha value is -2.34. The van der Waals surface area contributed by atoms with Crippen molar-refractivity contribution in [1.29, 1.82) is 0 Å². The molecular formula is C22H26N4O. The average Bonchev–Trinajstić information content (AvgIpc) is 3.23. The van der Waals surface area contributed by atoms with Gasteiger partial charge in [-0.3, -0.25) is 4.90 Å². The fourth-order valence-electron chi connectivity index (χ4n) is 4.17. The second-order valence-corrected chi connectivity index (χ2v) is 7.09. The normalized spacial score (nSPS) is 19.8. The second kappa shape index (κ2) is 7.72. The molecule has 0 unspecified atom stereocenters. The third-order valence-electron chi connectivity index (χ3n) is 5.61. The average molecular weight is 362 g/mol. The molecule has 0 spiro atoms. The monoisotopic (exact) mass is 362 g/mol. The highest BCUT2D eigenvalue weighted by atomic mass is 16.3. The molecule has 0 bridgehead atoms. The maximum Gasteiger partial charge on any atom is 0.150 e. The van der Waals surface area contributed by atoms with Crippen LogP contribution in [0.15, 0.2) is 54.7 Å². The van der Waals surface area contributed by atoms with Gasteiger partial charge >= 0.3 is 0 Å². The first-order valence-electron chi connectivity index (χ1n) is 9.66. The van der Waals surface area contributed by atoms with Crippen molar-refractivity contribution < 1.29 is 5.11 Å². The number of likely N-dealkylation sites (N-methyl/N-ethyl adjacent to an activating group) is 1. The maximum absolute atomic E-state index is 9.52. The van der Waals surface area contributed by atoms with E-state index in [9.17, 15) is 5.11 Å². The van der Waals surface area contributed by atoms with Crippen molar-refractivity contribution in [2.75, 3.05) is 32.8 Å². The number of benzene rings is 2. The van der Waals surface area contributed by atoms with Crippen LogP contribution in [0.3, 0.4) is 0 Å². The zero-order valence-corrected chi connectivity index (χ0v) is 15.7. The van der Waals surface area contributed by atoms with Crippen molar-refractivity contribution in [3.05, 3.63) is 60.6 Å². The van der Waals surface area contributed by atoms with Gasteiger partial charge < -0.3 is 10.4 Å². The topological polar surface area (TPSA) is 61.3 Å². The van der Waals surface area contributed by atoms with E-state index in [0.29, 0.717) is 6.54 Å². The third-order valence-corrected chi connectivity index (χ3v) is 5.61. The molecule has 4 rings (SSSR count). The van der Waals surface area contributed by atoms with Gasteiger partial charge in [-0.1, -0.05) is 43.3 Å². The summed E-state index contributed by atoms with van der Waals surface area (Å²) in [5.74, 6) is 0.841. The number of nitrogens with one attached hydrogen (secondary N) is 1. The molecule has 2 heterocycles. The number of aliphatic hydroxyl groups is 1. The Kier molecular flexibility index (Phi) is 5.16. The molecule has 3 aromatic rings. The van der Waals surface area contributed by atoms with Gasteiger partial charge in [-0.2, -0.15) is 0 Å². The Labute approximate surface area is 160 Å². The van der Waals surface area contributed by atoms with Crippen LogP contribution in [0.1, 0.15) is 19.2 Å². The van der Waals surface area contributed by atoms with Gasteiger partial charge in [-0.15, -0.1) is 0 Å². The van der Waals surface area contributed by atoms with Crippen LogP contribution in [0.2, 0.25) is 0 Å². The quantitative estimate of drug-likeness (QED) is 0.706. The minimum Gasteiger partial charge on any atom is -0.395 e. The number of fused-ring (bicyclic) bond motifs is 1. The Morgan fingerprint density at radius 2 is 2.00 bits per heavy atom. The van der Waals surface area contributed by atoms with E-state index in [1.165, 1.54) is 10.8 Å². The van der Waals surface area contributed by atoms with Crippen LogP contribution in [0.25, 0.3) is 22.0 Å². The van der Waals surface area contributed by atoms with E-state index in [4.69, 9.17) is 4.98 Å².